The van der Waals surface area contributed by atoms with Gasteiger partial charge >= 0.3 is 0 Å². The average molecular weight is 473 g/mol. The van der Waals surface area contributed by atoms with Crippen LogP contribution in [-0.2, 0) is 11.2 Å². The minimum absolute atomic E-state index is 0. The third-order valence-electron chi connectivity index (χ3n) is 3.99. The zero-order valence-electron chi connectivity index (χ0n) is 14.9. The topological polar surface area (TPSA) is 54.7 Å². The number of nitrogens with one attached hydrogen (secondary N) is 1. The first-order chi connectivity index (χ1) is 12.3. The molecule has 1 aromatic heterocycles. The van der Waals surface area contributed by atoms with E-state index in [4.69, 9.17) is 9.73 Å². The van der Waals surface area contributed by atoms with Gasteiger partial charge in [0.1, 0.15) is 5.82 Å². The summed E-state index contributed by atoms with van der Waals surface area (Å²) in [6.07, 6.45) is 2.59. The van der Waals surface area contributed by atoms with Crippen LogP contribution in [0.2, 0.25) is 0 Å². The molecule has 1 aliphatic rings. The fourth-order valence-corrected chi connectivity index (χ4v) is 2.73. The molecule has 0 bridgehead atoms. The third-order valence-corrected chi connectivity index (χ3v) is 3.99. The summed E-state index contributed by atoms with van der Waals surface area (Å²) < 4.78 is 20.4. The number of aliphatic imine (C=N–C) groups is 1. The summed E-state index contributed by atoms with van der Waals surface area (Å²) in [5.41, 5.74) is 1.65. The Morgan fingerprint density at radius 1 is 1.31 bits per heavy atom. The molecule has 26 heavy (non-hydrogen) atoms. The van der Waals surface area contributed by atoms with Gasteiger partial charge in [-0.25, -0.2) is 9.07 Å². The van der Waals surface area contributed by atoms with Gasteiger partial charge in [-0.3, -0.25) is 4.99 Å². The third kappa shape index (κ3) is 5.66. The molecule has 2 aromatic rings. The number of aromatic nitrogens is 2. The van der Waals surface area contributed by atoms with E-state index in [0.29, 0.717) is 6.54 Å². The van der Waals surface area contributed by atoms with E-state index in [9.17, 15) is 4.39 Å². The summed E-state index contributed by atoms with van der Waals surface area (Å²) in [5, 5.41) is 7.83. The van der Waals surface area contributed by atoms with Gasteiger partial charge in [0.25, 0.3) is 0 Å². The molecule has 8 heteroatoms. The highest BCUT2D eigenvalue weighted by Gasteiger charge is 2.14. The molecule has 2 heterocycles. The number of morpholine rings is 1. The van der Waals surface area contributed by atoms with Crippen LogP contribution in [0.25, 0.3) is 5.69 Å². The molecule has 1 fully saturated rings. The van der Waals surface area contributed by atoms with Crippen LogP contribution in [0.1, 0.15) is 12.6 Å². The number of hydrogen-bond acceptors (Lipinski definition) is 3. The van der Waals surface area contributed by atoms with Crippen molar-refractivity contribution in [2.75, 3.05) is 39.4 Å². The number of benzene rings is 1. The number of ether oxygens (including phenoxy) is 1. The minimum atomic E-state index is -0.264. The summed E-state index contributed by atoms with van der Waals surface area (Å²) in [4.78, 5) is 6.92. The Kier molecular flexibility index (Phi) is 8.30. The number of hydrogen-bond donors (Lipinski definition) is 1. The summed E-state index contributed by atoms with van der Waals surface area (Å²) in [5.74, 6) is 0.662. The summed E-state index contributed by atoms with van der Waals surface area (Å²) in [7, 11) is 0. The van der Waals surface area contributed by atoms with Gasteiger partial charge in [-0.05, 0) is 31.2 Å². The standard InChI is InChI=1S/C18H24FN5O.HI/c1-2-20-18(23-10-12-25-13-11-23)21-8-6-16-7-9-24(22-16)17-5-3-4-15(19)14-17;/h3-5,7,9,14H,2,6,8,10-13H2,1H3,(H,20,21);1H. The van der Waals surface area contributed by atoms with Crippen molar-refractivity contribution >= 4 is 29.9 Å². The highest BCUT2D eigenvalue weighted by molar-refractivity contribution is 14.0. The molecule has 142 valence electrons. The van der Waals surface area contributed by atoms with Crippen molar-refractivity contribution in [3.8, 4) is 5.69 Å². The first kappa shape index (κ1) is 20.6. The molecule has 0 spiro atoms. The highest BCUT2D eigenvalue weighted by Crippen LogP contribution is 2.10. The van der Waals surface area contributed by atoms with Crippen molar-refractivity contribution < 1.29 is 9.13 Å². The first-order valence-corrected chi connectivity index (χ1v) is 8.68. The Morgan fingerprint density at radius 3 is 2.85 bits per heavy atom. The first-order valence-electron chi connectivity index (χ1n) is 8.68. The van der Waals surface area contributed by atoms with E-state index in [0.717, 1.165) is 56.6 Å². The minimum Gasteiger partial charge on any atom is -0.378 e. The predicted octanol–water partition coefficient (Wildman–Crippen LogP) is 2.47. The zero-order chi connectivity index (χ0) is 17.5. The van der Waals surface area contributed by atoms with Gasteiger partial charge in [0.2, 0.25) is 0 Å². The number of nitrogens with zero attached hydrogens (tertiary/aromatic N) is 4. The van der Waals surface area contributed by atoms with Crippen LogP contribution in [0.4, 0.5) is 4.39 Å². The second kappa shape index (κ2) is 10.5. The Bertz CT molecular complexity index is 715. The fraction of sp³-hybridized carbons (Fsp3) is 0.444. The summed E-state index contributed by atoms with van der Waals surface area (Å²) >= 11 is 0. The van der Waals surface area contributed by atoms with Crippen molar-refractivity contribution in [2.24, 2.45) is 4.99 Å². The Hall–Kier alpha value is -1.68. The molecular formula is C18H25FIN5O. The lowest BCUT2D eigenvalue weighted by molar-refractivity contribution is 0.0665. The summed E-state index contributed by atoms with van der Waals surface area (Å²) in [6, 6.07) is 8.36. The van der Waals surface area contributed by atoms with Crippen molar-refractivity contribution in [3.05, 3.63) is 48.0 Å². The molecule has 1 aliphatic heterocycles. The van der Waals surface area contributed by atoms with Crippen LogP contribution in [0, 0.1) is 5.82 Å². The second-order valence-electron chi connectivity index (χ2n) is 5.82. The Labute approximate surface area is 170 Å². The van der Waals surface area contributed by atoms with Gasteiger partial charge in [-0.2, -0.15) is 5.10 Å². The molecule has 1 N–H and O–H groups in total. The maximum absolute atomic E-state index is 13.3. The maximum atomic E-state index is 13.3. The van der Waals surface area contributed by atoms with Gasteiger partial charge in [-0.15, -0.1) is 24.0 Å². The normalized spacial score (nSPS) is 14.8. The molecule has 0 aliphatic carbocycles. The SMILES string of the molecule is CCNC(=NCCc1ccn(-c2cccc(F)c2)n1)N1CCOCC1.I. The van der Waals surface area contributed by atoms with Crippen molar-refractivity contribution in [1.29, 1.82) is 0 Å². The molecule has 6 nitrogen and oxygen atoms in total. The quantitative estimate of drug-likeness (QED) is 0.412. The zero-order valence-corrected chi connectivity index (χ0v) is 17.2. The van der Waals surface area contributed by atoms with E-state index < -0.39 is 0 Å². The number of halogens is 2. The predicted molar refractivity (Wildman–Crippen MR) is 111 cm³/mol. The van der Waals surface area contributed by atoms with Crippen LogP contribution in [0.5, 0.6) is 0 Å². The van der Waals surface area contributed by atoms with Crippen molar-refractivity contribution in [3.63, 3.8) is 0 Å². The number of guanidine groups is 1. The number of rotatable bonds is 5. The monoisotopic (exact) mass is 473 g/mol. The summed E-state index contributed by atoms with van der Waals surface area (Å²) in [6.45, 7) is 6.76. The second-order valence-corrected chi connectivity index (χ2v) is 5.82. The Balaban J connectivity index is 0.00000243. The van der Waals surface area contributed by atoms with E-state index in [2.05, 4.69) is 22.2 Å². The van der Waals surface area contributed by atoms with Crippen molar-refractivity contribution in [2.45, 2.75) is 13.3 Å². The molecule has 3 rings (SSSR count). The van der Waals surface area contributed by atoms with E-state index in [1.54, 1.807) is 10.7 Å². The van der Waals surface area contributed by atoms with Gasteiger partial charge in [-0.1, -0.05) is 6.07 Å². The largest absolute Gasteiger partial charge is 0.378 e. The van der Waals surface area contributed by atoms with Gasteiger partial charge < -0.3 is 15.0 Å². The molecule has 1 saturated heterocycles. The molecule has 0 unspecified atom stereocenters. The van der Waals surface area contributed by atoms with E-state index in [-0.39, 0.29) is 29.8 Å². The van der Waals surface area contributed by atoms with Crippen LogP contribution < -0.4 is 5.32 Å². The average Bonchev–Trinajstić information content (AvgIpc) is 3.11. The lowest BCUT2D eigenvalue weighted by atomic mass is 10.3. The highest BCUT2D eigenvalue weighted by atomic mass is 127. The smallest absolute Gasteiger partial charge is 0.194 e. The van der Waals surface area contributed by atoms with Crippen LogP contribution in [0.3, 0.4) is 0 Å². The van der Waals surface area contributed by atoms with E-state index >= 15 is 0 Å². The fourth-order valence-electron chi connectivity index (χ4n) is 2.73. The molecule has 0 saturated carbocycles. The van der Waals surface area contributed by atoms with Crippen LogP contribution in [0.15, 0.2) is 41.5 Å². The van der Waals surface area contributed by atoms with E-state index in [1.165, 1.54) is 12.1 Å². The van der Waals surface area contributed by atoms with Gasteiger partial charge in [0, 0.05) is 38.8 Å². The maximum Gasteiger partial charge on any atom is 0.194 e. The molecule has 0 radical (unpaired) electrons. The molecule has 0 amide bonds. The lowest BCUT2D eigenvalue weighted by Gasteiger charge is -2.30. The molecule has 0 atom stereocenters. The van der Waals surface area contributed by atoms with Crippen LogP contribution in [-0.4, -0.2) is 60.0 Å². The van der Waals surface area contributed by atoms with Gasteiger partial charge in [0.15, 0.2) is 5.96 Å². The van der Waals surface area contributed by atoms with Crippen molar-refractivity contribution in [1.82, 2.24) is 20.0 Å². The Morgan fingerprint density at radius 2 is 2.12 bits per heavy atom. The van der Waals surface area contributed by atoms with E-state index in [1.807, 2.05) is 18.3 Å². The molecule has 1 aromatic carbocycles. The van der Waals surface area contributed by atoms with Gasteiger partial charge in [0.05, 0.1) is 24.6 Å². The molecular weight excluding hydrogens is 448 g/mol. The van der Waals surface area contributed by atoms with Crippen LogP contribution >= 0.6 is 24.0 Å². The lowest BCUT2D eigenvalue weighted by Crippen LogP contribution is -2.47.